The van der Waals surface area contributed by atoms with E-state index in [0.29, 0.717) is 12.2 Å². The molecular weight excluding hydrogens is 394 g/mol. The second-order valence-electron chi connectivity index (χ2n) is 8.78. The van der Waals surface area contributed by atoms with Crippen molar-refractivity contribution in [2.75, 3.05) is 32.6 Å². The Bertz CT molecular complexity index is 907. The summed E-state index contributed by atoms with van der Waals surface area (Å²) in [4.78, 5) is 35.6. The summed E-state index contributed by atoms with van der Waals surface area (Å²) in [6, 6.07) is 10.0. The molecule has 0 spiro atoms. The van der Waals surface area contributed by atoms with Crippen LogP contribution in [0.5, 0.6) is 0 Å². The molecule has 31 heavy (non-hydrogen) atoms. The van der Waals surface area contributed by atoms with Crippen LogP contribution >= 0.6 is 0 Å². The summed E-state index contributed by atoms with van der Waals surface area (Å²) >= 11 is 0. The van der Waals surface area contributed by atoms with Gasteiger partial charge in [0.2, 0.25) is 5.82 Å². The number of ether oxygens (including phenoxy) is 1. The molecule has 2 N–H and O–H groups in total. The number of carbonyl (C=O) groups excluding carboxylic acids is 2. The van der Waals surface area contributed by atoms with Crippen LogP contribution in [0.2, 0.25) is 0 Å². The van der Waals surface area contributed by atoms with E-state index in [2.05, 4.69) is 64.9 Å². The molecule has 0 radical (unpaired) electrons. The summed E-state index contributed by atoms with van der Waals surface area (Å²) in [6.45, 7) is 2.65. The van der Waals surface area contributed by atoms with E-state index in [0.717, 1.165) is 25.7 Å². The van der Waals surface area contributed by atoms with E-state index in [9.17, 15) is 9.59 Å². The number of rotatable bonds is 6. The van der Waals surface area contributed by atoms with Gasteiger partial charge in [-0.2, -0.15) is 0 Å². The molecule has 0 atom stereocenters. The topological polar surface area (TPSA) is 102 Å². The molecule has 1 heterocycles. The summed E-state index contributed by atoms with van der Waals surface area (Å²) < 4.78 is 4.62. The monoisotopic (exact) mass is 425 g/mol. The molecule has 1 aliphatic rings. The highest BCUT2D eigenvalue weighted by atomic mass is 16.5. The third kappa shape index (κ3) is 4.69. The molecule has 1 fully saturated rings. The van der Waals surface area contributed by atoms with Gasteiger partial charge in [-0.05, 0) is 50.8 Å². The molecule has 8 heteroatoms. The maximum absolute atomic E-state index is 12.2. The number of urea groups is 1. The van der Waals surface area contributed by atoms with Gasteiger partial charge in [0.25, 0.3) is 0 Å². The van der Waals surface area contributed by atoms with Gasteiger partial charge < -0.3 is 10.5 Å². The number of aromatic nitrogens is 2. The van der Waals surface area contributed by atoms with Gasteiger partial charge >= 0.3 is 12.0 Å². The van der Waals surface area contributed by atoms with Crippen molar-refractivity contribution in [3.05, 3.63) is 54.1 Å². The number of esters is 1. The Labute approximate surface area is 183 Å². The normalized spacial score (nSPS) is 23.4. The Morgan fingerprint density at radius 3 is 2.13 bits per heavy atom. The number of hydrogen-bond donors (Lipinski definition) is 1. The smallest absolute Gasteiger partial charge is 0.376 e. The molecule has 166 valence electrons. The van der Waals surface area contributed by atoms with Crippen LogP contribution in [-0.2, 0) is 10.3 Å². The Hall–Kier alpha value is -3.00. The molecule has 1 aliphatic carbocycles. The Morgan fingerprint density at radius 2 is 1.65 bits per heavy atom. The first-order valence-corrected chi connectivity index (χ1v) is 10.4. The summed E-state index contributed by atoms with van der Waals surface area (Å²) in [6.07, 6.45) is 6.69. The second-order valence-corrected chi connectivity index (χ2v) is 8.78. The first-order valence-electron chi connectivity index (χ1n) is 10.4. The van der Waals surface area contributed by atoms with E-state index in [-0.39, 0.29) is 16.8 Å². The van der Waals surface area contributed by atoms with Gasteiger partial charge in [-0.25, -0.2) is 19.6 Å². The molecule has 2 aromatic rings. The number of amides is 2. The minimum absolute atomic E-state index is 0.0242. The van der Waals surface area contributed by atoms with Crippen LogP contribution in [0.3, 0.4) is 0 Å². The first-order chi connectivity index (χ1) is 14.7. The van der Waals surface area contributed by atoms with Crippen molar-refractivity contribution in [3.8, 4) is 0 Å². The SMILES string of the molecule is COC(=O)c1ncc(N(C[C@]2(C)CC[C@@](c3ccccc3)(N(C)C)CC2)C(N)=O)cn1. The lowest BCUT2D eigenvalue weighted by atomic mass is 9.65. The second kappa shape index (κ2) is 9.01. The minimum atomic E-state index is -0.627. The highest BCUT2D eigenvalue weighted by Gasteiger charge is 2.44. The molecular formula is C23H31N5O3. The fourth-order valence-corrected chi connectivity index (χ4v) is 4.50. The van der Waals surface area contributed by atoms with Crippen molar-refractivity contribution < 1.29 is 14.3 Å². The lowest BCUT2D eigenvalue weighted by molar-refractivity contribution is 0.0459. The minimum Gasteiger partial charge on any atom is -0.463 e. The maximum Gasteiger partial charge on any atom is 0.376 e. The zero-order valence-electron chi connectivity index (χ0n) is 18.7. The van der Waals surface area contributed by atoms with E-state index >= 15 is 0 Å². The molecule has 8 nitrogen and oxygen atoms in total. The highest BCUT2D eigenvalue weighted by molar-refractivity contribution is 5.91. The molecule has 0 aliphatic heterocycles. The van der Waals surface area contributed by atoms with Gasteiger partial charge in [0.05, 0.1) is 25.2 Å². The molecule has 1 aromatic carbocycles. The quantitative estimate of drug-likeness (QED) is 0.713. The van der Waals surface area contributed by atoms with E-state index in [1.807, 2.05) is 6.07 Å². The fourth-order valence-electron chi connectivity index (χ4n) is 4.50. The average molecular weight is 426 g/mol. The summed E-state index contributed by atoms with van der Waals surface area (Å²) in [7, 11) is 5.53. The zero-order valence-corrected chi connectivity index (χ0v) is 18.7. The molecule has 0 unspecified atom stereocenters. The molecule has 3 rings (SSSR count). The van der Waals surface area contributed by atoms with Gasteiger partial charge in [0, 0.05) is 12.1 Å². The van der Waals surface area contributed by atoms with Crippen LogP contribution in [0.4, 0.5) is 10.5 Å². The summed E-state index contributed by atoms with van der Waals surface area (Å²) in [5.74, 6) is -0.685. The van der Waals surface area contributed by atoms with Crippen molar-refractivity contribution >= 4 is 17.7 Å². The number of primary amides is 1. The first kappa shape index (κ1) is 22.7. The van der Waals surface area contributed by atoms with Crippen molar-refractivity contribution in [1.29, 1.82) is 0 Å². The summed E-state index contributed by atoms with van der Waals surface area (Å²) in [5.41, 5.74) is 7.35. The third-order valence-corrected chi connectivity index (χ3v) is 6.58. The predicted octanol–water partition coefficient (Wildman–Crippen LogP) is 3.19. The largest absolute Gasteiger partial charge is 0.463 e. The van der Waals surface area contributed by atoms with Crippen LogP contribution in [0.25, 0.3) is 0 Å². The van der Waals surface area contributed by atoms with Crippen molar-refractivity contribution in [2.24, 2.45) is 11.1 Å². The average Bonchev–Trinajstić information content (AvgIpc) is 2.78. The van der Waals surface area contributed by atoms with E-state index in [1.165, 1.54) is 30.0 Å². The molecule has 0 bridgehead atoms. The number of benzene rings is 1. The van der Waals surface area contributed by atoms with Gasteiger partial charge in [-0.1, -0.05) is 37.3 Å². The van der Waals surface area contributed by atoms with E-state index in [1.54, 1.807) is 0 Å². The lowest BCUT2D eigenvalue weighted by Gasteiger charge is -2.50. The van der Waals surface area contributed by atoms with Crippen molar-refractivity contribution in [1.82, 2.24) is 14.9 Å². The standard InChI is InChI=1S/C23H31N5O3/c1-22(10-12-23(13-11-22,27(2)3)17-8-6-5-7-9-17)16-28(21(24)30)18-14-25-19(26-15-18)20(29)31-4/h5-9,14-15H,10-13,16H2,1-4H3,(H2,24,30)/t22-,23-. The maximum atomic E-state index is 12.2. The highest BCUT2D eigenvalue weighted by Crippen LogP contribution is 2.48. The lowest BCUT2D eigenvalue weighted by Crippen LogP contribution is -2.50. The van der Waals surface area contributed by atoms with Crippen molar-refractivity contribution in [3.63, 3.8) is 0 Å². The van der Waals surface area contributed by atoms with Gasteiger partial charge in [0.15, 0.2) is 0 Å². The fraction of sp³-hybridized carbons (Fsp3) is 0.478. The third-order valence-electron chi connectivity index (χ3n) is 6.58. The Morgan fingerprint density at radius 1 is 1.06 bits per heavy atom. The Balaban J connectivity index is 1.78. The van der Waals surface area contributed by atoms with Crippen LogP contribution < -0.4 is 10.6 Å². The van der Waals surface area contributed by atoms with Crippen LogP contribution in [0, 0.1) is 5.41 Å². The predicted molar refractivity (Wildman–Crippen MR) is 119 cm³/mol. The zero-order chi connectivity index (χ0) is 22.6. The van der Waals surface area contributed by atoms with Crippen LogP contribution in [0.15, 0.2) is 42.7 Å². The molecule has 0 saturated heterocycles. The molecule has 2 amide bonds. The Kier molecular flexibility index (Phi) is 6.59. The number of hydrogen-bond acceptors (Lipinski definition) is 6. The van der Waals surface area contributed by atoms with Crippen LogP contribution in [0.1, 0.15) is 48.8 Å². The number of carbonyl (C=O) groups is 2. The molecule has 1 saturated carbocycles. The number of anilines is 1. The number of methoxy groups -OCH3 is 1. The van der Waals surface area contributed by atoms with E-state index < -0.39 is 12.0 Å². The van der Waals surface area contributed by atoms with Gasteiger partial charge in [0.1, 0.15) is 0 Å². The number of nitrogens with two attached hydrogens (primary N) is 1. The van der Waals surface area contributed by atoms with Crippen LogP contribution in [-0.4, -0.2) is 54.6 Å². The molecule has 1 aromatic heterocycles. The van der Waals surface area contributed by atoms with Gasteiger partial charge in [-0.15, -0.1) is 0 Å². The van der Waals surface area contributed by atoms with Crippen molar-refractivity contribution in [2.45, 2.75) is 38.1 Å². The number of nitrogens with zero attached hydrogens (tertiary/aromatic N) is 4. The van der Waals surface area contributed by atoms with Gasteiger partial charge in [-0.3, -0.25) is 9.80 Å². The van der Waals surface area contributed by atoms with E-state index in [4.69, 9.17) is 5.73 Å². The summed E-state index contributed by atoms with van der Waals surface area (Å²) in [5, 5.41) is 0.